The van der Waals surface area contributed by atoms with E-state index in [0.717, 1.165) is 16.5 Å². The first-order chi connectivity index (χ1) is 9.56. The molecule has 1 aromatic heterocycles. The summed E-state index contributed by atoms with van der Waals surface area (Å²) in [6.07, 6.45) is 0. The van der Waals surface area contributed by atoms with Gasteiger partial charge in [0.2, 0.25) is 0 Å². The van der Waals surface area contributed by atoms with Crippen LogP contribution in [-0.4, -0.2) is 9.97 Å². The molecule has 1 heterocycles. The molecule has 0 bridgehead atoms. The highest BCUT2D eigenvalue weighted by Crippen LogP contribution is 2.30. The van der Waals surface area contributed by atoms with E-state index in [1.165, 1.54) is 0 Å². The summed E-state index contributed by atoms with van der Waals surface area (Å²) in [7, 11) is 0. The topological polar surface area (TPSA) is 25.8 Å². The van der Waals surface area contributed by atoms with Crippen LogP contribution in [0.3, 0.4) is 0 Å². The van der Waals surface area contributed by atoms with Crippen molar-refractivity contribution in [3.63, 3.8) is 0 Å². The summed E-state index contributed by atoms with van der Waals surface area (Å²) >= 11 is 18.4. The van der Waals surface area contributed by atoms with E-state index in [9.17, 15) is 0 Å². The van der Waals surface area contributed by atoms with Crippen molar-refractivity contribution in [2.24, 2.45) is 0 Å². The molecule has 0 saturated heterocycles. The van der Waals surface area contributed by atoms with Gasteiger partial charge in [-0.05, 0) is 42.8 Å². The van der Waals surface area contributed by atoms with Crippen molar-refractivity contribution in [3.8, 4) is 11.4 Å². The van der Waals surface area contributed by atoms with Gasteiger partial charge in [0.05, 0.1) is 10.5 Å². The molecule has 5 heteroatoms. The Kier molecular flexibility index (Phi) is 3.55. The lowest BCUT2D eigenvalue weighted by molar-refractivity contribution is 1.21. The Hall–Kier alpha value is -1.35. The fourth-order valence-corrected chi connectivity index (χ4v) is 2.75. The lowest BCUT2D eigenvalue weighted by atomic mass is 10.1. The van der Waals surface area contributed by atoms with Crippen LogP contribution in [0.25, 0.3) is 22.3 Å². The number of benzene rings is 2. The van der Waals surface area contributed by atoms with Crippen LogP contribution in [-0.2, 0) is 0 Å². The van der Waals surface area contributed by atoms with Crippen LogP contribution < -0.4 is 0 Å². The summed E-state index contributed by atoms with van der Waals surface area (Å²) in [4.78, 5) is 8.88. The molecule has 0 unspecified atom stereocenters. The second kappa shape index (κ2) is 5.21. The third-order valence-electron chi connectivity index (χ3n) is 3.06. The molecule has 3 rings (SSSR count). The normalized spacial score (nSPS) is 11.0. The quantitative estimate of drug-likeness (QED) is 0.547. The van der Waals surface area contributed by atoms with Crippen molar-refractivity contribution in [3.05, 3.63) is 57.2 Å². The molecule has 0 spiro atoms. The largest absolute Gasteiger partial charge is 0.226 e. The second-order valence-electron chi connectivity index (χ2n) is 4.43. The van der Waals surface area contributed by atoms with E-state index in [1.54, 1.807) is 12.1 Å². The van der Waals surface area contributed by atoms with Crippen LogP contribution in [0, 0.1) is 6.92 Å². The van der Waals surface area contributed by atoms with Gasteiger partial charge in [-0.2, -0.15) is 0 Å². The Morgan fingerprint density at radius 2 is 1.75 bits per heavy atom. The standard InChI is InChI=1S/C15H9Cl3N2/c1-8-7-9(16)5-6-10(8)15-19-13-11(14(18)20-15)3-2-4-12(13)17/h2-7H,1H3. The molecule has 3 aromatic rings. The highest BCUT2D eigenvalue weighted by Gasteiger charge is 2.12. The molecule has 0 aliphatic rings. The Balaban J connectivity index is 2.29. The highest BCUT2D eigenvalue weighted by molar-refractivity contribution is 6.38. The van der Waals surface area contributed by atoms with E-state index in [1.807, 2.05) is 31.2 Å². The summed E-state index contributed by atoms with van der Waals surface area (Å²) < 4.78 is 0. The zero-order valence-corrected chi connectivity index (χ0v) is 12.8. The minimum absolute atomic E-state index is 0.391. The summed E-state index contributed by atoms with van der Waals surface area (Å²) in [5, 5.41) is 2.37. The van der Waals surface area contributed by atoms with Crippen LogP contribution in [0.15, 0.2) is 36.4 Å². The predicted molar refractivity (Wildman–Crippen MR) is 84.7 cm³/mol. The Bertz CT molecular complexity index is 816. The number of halogens is 3. The van der Waals surface area contributed by atoms with Crippen LogP contribution in [0.4, 0.5) is 0 Å². The third kappa shape index (κ3) is 2.35. The lowest BCUT2D eigenvalue weighted by Gasteiger charge is -2.08. The Morgan fingerprint density at radius 3 is 2.50 bits per heavy atom. The summed E-state index contributed by atoms with van der Waals surface area (Å²) in [5.41, 5.74) is 2.52. The smallest absolute Gasteiger partial charge is 0.161 e. The maximum Gasteiger partial charge on any atom is 0.161 e. The summed E-state index contributed by atoms with van der Waals surface area (Å²) in [6.45, 7) is 1.95. The zero-order valence-electron chi connectivity index (χ0n) is 10.5. The van der Waals surface area contributed by atoms with Crippen LogP contribution in [0.2, 0.25) is 15.2 Å². The number of nitrogens with zero attached hydrogens (tertiary/aromatic N) is 2. The van der Waals surface area contributed by atoms with Gasteiger partial charge in [0, 0.05) is 16.0 Å². The van der Waals surface area contributed by atoms with Gasteiger partial charge < -0.3 is 0 Å². The van der Waals surface area contributed by atoms with E-state index in [2.05, 4.69) is 9.97 Å². The number of para-hydroxylation sites is 1. The van der Waals surface area contributed by atoms with E-state index in [-0.39, 0.29) is 0 Å². The molecule has 0 amide bonds. The molecule has 0 fully saturated rings. The number of hydrogen-bond acceptors (Lipinski definition) is 2. The molecule has 0 atom stereocenters. The van der Waals surface area contributed by atoms with Gasteiger partial charge in [-0.1, -0.05) is 40.9 Å². The summed E-state index contributed by atoms with van der Waals surface area (Å²) in [5.74, 6) is 0.546. The van der Waals surface area contributed by atoms with Crippen LogP contribution in [0.1, 0.15) is 5.56 Å². The summed E-state index contributed by atoms with van der Waals surface area (Å²) in [6, 6.07) is 11.0. The maximum atomic E-state index is 6.23. The maximum absolute atomic E-state index is 6.23. The number of hydrogen-bond donors (Lipinski definition) is 0. The SMILES string of the molecule is Cc1cc(Cl)ccc1-c1nc(Cl)c2cccc(Cl)c2n1. The van der Waals surface area contributed by atoms with Crippen molar-refractivity contribution >= 4 is 45.7 Å². The van der Waals surface area contributed by atoms with Gasteiger partial charge in [-0.3, -0.25) is 0 Å². The molecule has 0 radical (unpaired) electrons. The van der Waals surface area contributed by atoms with Crippen LogP contribution >= 0.6 is 34.8 Å². The van der Waals surface area contributed by atoms with Gasteiger partial charge in [-0.15, -0.1) is 0 Å². The molecule has 0 N–H and O–H groups in total. The van der Waals surface area contributed by atoms with Gasteiger partial charge in [0.1, 0.15) is 5.15 Å². The van der Waals surface area contributed by atoms with E-state index in [0.29, 0.717) is 26.5 Å². The third-order valence-corrected chi connectivity index (χ3v) is 3.89. The van der Waals surface area contributed by atoms with Gasteiger partial charge in [0.15, 0.2) is 5.82 Å². The van der Waals surface area contributed by atoms with Crippen molar-refractivity contribution in [1.82, 2.24) is 9.97 Å². The second-order valence-corrected chi connectivity index (χ2v) is 5.63. The van der Waals surface area contributed by atoms with Crippen molar-refractivity contribution in [1.29, 1.82) is 0 Å². The Morgan fingerprint density at radius 1 is 0.950 bits per heavy atom. The predicted octanol–water partition coefficient (Wildman–Crippen LogP) is 5.57. The van der Waals surface area contributed by atoms with E-state index >= 15 is 0 Å². The van der Waals surface area contributed by atoms with Crippen molar-refractivity contribution in [2.45, 2.75) is 6.92 Å². The molecule has 0 saturated carbocycles. The van der Waals surface area contributed by atoms with E-state index in [4.69, 9.17) is 34.8 Å². The molecular formula is C15H9Cl3N2. The molecule has 0 aliphatic carbocycles. The first-order valence-corrected chi connectivity index (χ1v) is 7.08. The number of rotatable bonds is 1. The number of fused-ring (bicyclic) bond motifs is 1. The van der Waals surface area contributed by atoms with Crippen molar-refractivity contribution in [2.75, 3.05) is 0 Å². The minimum atomic E-state index is 0.391. The number of aryl methyl sites for hydroxylation is 1. The van der Waals surface area contributed by atoms with Gasteiger partial charge in [0.25, 0.3) is 0 Å². The first kappa shape index (κ1) is 13.6. The fraction of sp³-hybridized carbons (Fsp3) is 0.0667. The zero-order chi connectivity index (χ0) is 14.3. The lowest BCUT2D eigenvalue weighted by Crippen LogP contribution is -1.94. The average Bonchev–Trinajstić information content (AvgIpc) is 2.40. The fourth-order valence-electron chi connectivity index (χ4n) is 2.08. The first-order valence-electron chi connectivity index (χ1n) is 5.94. The minimum Gasteiger partial charge on any atom is -0.226 e. The molecule has 100 valence electrons. The van der Waals surface area contributed by atoms with Gasteiger partial charge >= 0.3 is 0 Å². The molecule has 0 aliphatic heterocycles. The van der Waals surface area contributed by atoms with Crippen LogP contribution in [0.5, 0.6) is 0 Å². The molecule has 2 aromatic carbocycles. The van der Waals surface area contributed by atoms with E-state index < -0.39 is 0 Å². The average molecular weight is 324 g/mol. The van der Waals surface area contributed by atoms with Gasteiger partial charge in [-0.25, -0.2) is 9.97 Å². The number of aromatic nitrogens is 2. The van der Waals surface area contributed by atoms with Crippen molar-refractivity contribution < 1.29 is 0 Å². The Labute approximate surface area is 131 Å². The highest BCUT2D eigenvalue weighted by atomic mass is 35.5. The molecular weight excluding hydrogens is 315 g/mol. The molecule has 2 nitrogen and oxygen atoms in total. The molecule has 20 heavy (non-hydrogen) atoms. The monoisotopic (exact) mass is 322 g/mol.